The minimum absolute atomic E-state index is 0.188. The summed E-state index contributed by atoms with van der Waals surface area (Å²) in [6.07, 6.45) is 0.638. The number of carbonyl (C=O) groups is 2. The second-order valence-electron chi connectivity index (χ2n) is 5.71. The number of carbonyl (C=O) groups excluding carboxylic acids is 1. The number of hydrogen-bond acceptors (Lipinski definition) is 4. The van der Waals surface area contributed by atoms with Crippen molar-refractivity contribution in [2.75, 3.05) is 0 Å². The average Bonchev–Trinajstić information content (AvgIpc) is 2.92. The van der Waals surface area contributed by atoms with E-state index in [1.54, 1.807) is 32.0 Å². The molecule has 0 aliphatic carbocycles. The van der Waals surface area contributed by atoms with Gasteiger partial charge in [0.1, 0.15) is 15.9 Å². The van der Waals surface area contributed by atoms with Gasteiger partial charge in [0.05, 0.1) is 15.7 Å². The standard InChI is InChI=1S/C17H18Cl2N2O3S/c1-4-8(2)13(17(23)24)21-15(22)14-9(3)20-16(25-14)12-10(18)6-5-7-11(12)19/h5-8,13H,4H2,1-3H3,(H,21,22)(H,23,24)/t8-,13-/m0/s1. The molecule has 0 saturated carbocycles. The van der Waals surface area contributed by atoms with Crippen LogP contribution >= 0.6 is 34.5 Å². The first kappa shape index (κ1) is 19.7. The number of rotatable bonds is 6. The first-order valence-corrected chi connectivity index (χ1v) is 9.29. The van der Waals surface area contributed by atoms with Crippen molar-refractivity contribution < 1.29 is 14.7 Å². The Bertz CT molecular complexity index is 787. The quantitative estimate of drug-likeness (QED) is 0.738. The second kappa shape index (κ2) is 8.17. The Balaban J connectivity index is 2.34. The molecule has 0 aliphatic rings. The van der Waals surface area contributed by atoms with E-state index in [2.05, 4.69) is 10.3 Å². The van der Waals surface area contributed by atoms with Gasteiger partial charge in [0.25, 0.3) is 5.91 Å². The highest BCUT2D eigenvalue weighted by molar-refractivity contribution is 7.17. The van der Waals surface area contributed by atoms with Crippen molar-refractivity contribution in [2.45, 2.75) is 33.2 Å². The Kier molecular flexibility index (Phi) is 6.43. The van der Waals surface area contributed by atoms with E-state index in [9.17, 15) is 14.7 Å². The molecule has 2 atom stereocenters. The lowest BCUT2D eigenvalue weighted by atomic mass is 9.99. The third-order valence-electron chi connectivity index (χ3n) is 3.95. The molecule has 5 nitrogen and oxygen atoms in total. The summed E-state index contributed by atoms with van der Waals surface area (Å²) in [6, 6.07) is 4.17. The summed E-state index contributed by atoms with van der Waals surface area (Å²) in [5, 5.41) is 13.3. The van der Waals surface area contributed by atoms with Crippen LogP contribution in [0.5, 0.6) is 0 Å². The van der Waals surface area contributed by atoms with Crippen LogP contribution in [0.1, 0.15) is 35.6 Å². The predicted molar refractivity (Wildman–Crippen MR) is 101 cm³/mol. The Morgan fingerprint density at radius 3 is 2.44 bits per heavy atom. The topological polar surface area (TPSA) is 79.3 Å². The van der Waals surface area contributed by atoms with E-state index in [1.165, 1.54) is 0 Å². The molecule has 0 unspecified atom stereocenters. The molecule has 0 spiro atoms. The van der Waals surface area contributed by atoms with Gasteiger partial charge in [-0.1, -0.05) is 49.5 Å². The van der Waals surface area contributed by atoms with Crippen LogP contribution in [-0.2, 0) is 4.79 Å². The molecule has 0 aliphatic heterocycles. The van der Waals surface area contributed by atoms with Gasteiger partial charge in [0.15, 0.2) is 0 Å². The highest BCUT2D eigenvalue weighted by atomic mass is 35.5. The third kappa shape index (κ3) is 4.32. The molecule has 134 valence electrons. The molecular weight excluding hydrogens is 383 g/mol. The lowest BCUT2D eigenvalue weighted by Crippen LogP contribution is -2.44. The number of aryl methyl sites for hydroxylation is 1. The molecule has 1 aromatic carbocycles. The maximum Gasteiger partial charge on any atom is 0.326 e. The third-order valence-corrected chi connectivity index (χ3v) is 5.75. The smallest absolute Gasteiger partial charge is 0.326 e. The summed E-state index contributed by atoms with van der Waals surface area (Å²) in [6.45, 7) is 5.36. The number of benzene rings is 1. The van der Waals surface area contributed by atoms with Crippen molar-refractivity contribution in [2.24, 2.45) is 5.92 Å². The molecule has 1 amide bonds. The van der Waals surface area contributed by atoms with Crippen LogP contribution in [0.15, 0.2) is 18.2 Å². The van der Waals surface area contributed by atoms with Gasteiger partial charge in [0, 0.05) is 5.56 Å². The van der Waals surface area contributed by atoms with Crippen molar-refractivity contribution >= 4 is 46.4 Å². The summed E-state index contributed by atoms with van der Waals surface area (Å²) in [7, 11) is 0. The highest BCUT2D eigenvalue weighted by Crippen LogP contribution is 2.37. The minimum atomic E-state index is -1.06. The molecule has 1 aromatic heterocycles. The number of nitrogens with one attached hydrogen (secondary N) is 1. The average molecular weight is 401 g/mol. The van der Waals surface area contributed by atoms with Crippen molar-refractivity contribution in [1.82, 2.24) is 10.3 Å². The normalized spacial score (nSPS) is 13.3. The van der Waals surface area contributed by atoms with E-state index in [-0.39, 0.29) is 5.92 Å². The maximum absolute atomic E-state index is 12.5. The van der Waals surface area contributed by atoms with Gasteiger partial charge in [-0.3, -0.25) is 4.79 Å². The van der Waals surface area contributed by atoms with Crippen LogP contribution in [0.3, 0.4) is 0 Å². The SMILES string of the molecule is CC[C@H](C)[C@H](NC(=O)c1sc(-c2c(Cl)cccc2Cl)nc1C)C(=O)O. The molecule has 2 N–H and O–H groups in total. The van der Waals surface area contributed by atoms with Crippen molar-refractivity contribution in [3.05, 3.63) is 38.8 Å². The first-order chi connectivity index (χ1) is 11.8. The zero-order chi connectivity index (χ0) is 18.7. The van der Waals surface area contributed by atoms with E-state index in [0.29, 0.717) is 37.6 Å². The van der Waals surface area contributed by atoms with Crippen LogP contribution < -0.4 is 5.32 Å². The molecule has 25 heavy (non-hydrogen) atoms. The van der Waals surface area contributed by atoms with Crippen LogP contribution in [0.2, 0.25) is 10.0 Å². The summed E-state index contributed by atoms with van der Waals surface area (Å²) < 4.78 is 0. The molecule has 0 saturated heterocycles. The molecular formula is C17H18Cl2N2O3S. The zero-order valence-electron chi connectivity index (χ0n) is 14.0. The van der Waals surface area contributed by atoms with E-state index in [1.807, 2.05) is 6.92 Å². The zero-order valence-corrected chi connectivity index (χ0v) is 16.3. The number of thiazole rings is 1. The lowest BCUT2D eigenvalue weighted by molar-refractivity contribution is -0.140. The number of carboxylic acid groups (broad SMARTS) is 1. The second-order valence-corrected chi connectivity index (χ2v) is 7.52. The summed E-state index contributed by atoms with van der Waals surface area (Å²) in [5.74, 6) is -1.71. The molecule has 1 heterocycles. The van der Waals surface area contributed by atoms with Crippen molar-refractivity contribution in [3.63, 3.8) is 0 Å². The van der Waals surface area contributed by atoms with Gasteiger partial charge < -0.3 is 10.4 Å². The highest BCUT2D eigenvalue weighted by Gasteiger charge is 2.28. The van der Waals surface area contributed by atoms with E-state index in [4.69, 9.17) is 23.2 Å². The Labute approximate surface area is 160 Å². The number of aromatic nitrogens is 1. The van der Waals surface area contributed by atoms with Crippen LogP contribution in [0.4, 0.5) is 0 Å². The van der Waals surface area contributed by atoms with Crippen molar-refractivity contribution in [3.8, 4) is 10.6 Å². The fraction of sp³-hybridized carbons (Fsp3) is 0.353. The number of nitrogens with zero attached hydrogens (tertiary/aromatic N) is 1. The van der Waals surface area contributed by atoms with E-state index >= 15 is 0 Å². The lowest BCUT2D eigenvalue weighted by Gasteiger charge is -2.19. The van der Waals surface area contributed by atoms with Crippen LogP contribution in [0.25, 0.3) is 10.6 Å². The fourth-order valence-corrected chi connectivity index (χ4v) is 4.04. The van der Waals surface area contributed by atoms with Crippen LogP contribution in [0, 0.1) is 12.8 Å². The van der Waals surface area contributed by atoms with Gasteiger partial charge in [-0.25, -0.2) is 9.78 Å². The molecule has 8 heteroatoms. The molecule has 0 fully saturated rings. The van der Waals surface area contributed by atoms with Gasteiger partial charge in [-0.05, 0) is 25.0 Å². The number of carboxylic acids is 1. The largest absolute Gasteiger partial charge is 0.480 e. The van der Waals surface area contributed by atoms with E-state index in [0.717, 1.165) is 11.3 Å². The van der Waals surface area contributed by atoms with Gasteiger partial charge in [-0.2, -0.15) is 0 Å². The number of hydrogen-bond donors (Lipinski definition) is 2. The minimum Gasteiger partial charge on any atom is -0.480 e. The van der Waals surface area contributed by atoms with Gasteiger partial charge in [-0.15, -0.1) is 11.3 Å². The summed E-state index contributed by atoms with van der Waals surface area (Å²) in [5.41, 5.74) is 1.07. The predicted octanol–water partition coefficient (Wildman–Crippen LogP) is 4.65. The molecule has 2 aromatic rings. The monoisotopic (exact) mass is 400 g/mol. The van der Waals surface area contributed by atoms with Crippen molar-refractivity contribution in [1.29, 1.82) is 0 Å². The van der Waals surface area contributed by atoms with E-state index < -0.39 is 17.9 Å². The first-order valence-electron chi connectivity index (χ1n) is 7.71. The van der Waals surface area contributed by atoms with Crippen LogP contribution in [-0.4, -0.2) is 28.0 Å². The molecule has 0 radical (unpaired) electrons. The molecule has 0 bridgehead atoms. The number of aliphatic carboxylic acids is 1. The Morgan fingerprint density at radius 1 is 1.32 bits per heavy atom. The summed E-state index contributed by atoms with van der Waals surface area (Å²) >= 11 is 13.5. The molecule has 2 rings (SSSR count). The van der Waals surface area contributed by atoms with Gasteiger partial charge >= 0.3 is 5.97 Å². The maximum atomic E-state index is 12.5. The number of amides is 1. The Morgan fingerprint density at radius 2 is 1.92 bits per heavy atom. The fourth-order valence-electron chi connectivity index (χ4n) is 2.31. The van der Waals surface area contributed by atoms with Gasteiger partial charge in [0.2, 0.25) is 0 Å². The number of halogens is 2. The Hall–Kier alpha value is -1.63. The summed E-state index contributed by atoms with van der Waals surface area (Å²) in [4.78, 5) is 28.7.